The number of hydrogen-bond acceptors (Lipinski definition) is 4. The van der Waals surface area contributed by atoms with E-state index in [1.807, 2.05) is 0 Å². The SMILES string of the molecule is CC(=O)[C@@H]1[C@H]2[C@@H](CN1C)C2(C)CCC(=O)[C@@H]1[C@H]2CC(C)(C)[C@H]2CN1C. The second kappa shape index (κ2) is 5.39. The van der Waals surface area contributed by atoms with Crippen molar-refractivity contribution in [3.63, 3.8) is 0 Å². The van der Waals surface area contributed by atoms with Crippen LogP contribution in [-0.2, 0) is 9.59 Å². The minimum Gasteiger partial charge on any atom is -0.298 e. The molecular weight excluding hydrogens is 312 g/mol. The predicted molar refractivity (Wildman–Crippen MR) is 98.2 cm³/mol. The van der Waals surface area contributed by atoms with Gasteiger partial charge < -0.3 is 0 Å². The summed E-state index contributed by atoms with van der Waals surface area (Å²) in [5.74, 6) is 3.09. The standard InChI is InChI=1S/C21H34N2O2/c1-12(24)18-17-15(11-22(18)5)21(17,4)8-7-16(25)19-13-9-20(2,3)14(13)10-23(19)6/h13-15,17-19H,7-11H2,1-6H3/t13-,14-,15+,17+,18+,19-,21?/m0/s1. The number of Topliss-reactive ketones (excluding diaryl/α,β-unsaturated/α-hetero) is 2. The van der Waals surface area contributed by atoms with Crippen LogP contribution < -0.4 is 0 Å². The lowest BCUT2D eigenvalue weighted by molar-refractivity contribution is -0.126. The monoisotopic (exact) mass is 346 g/mol. The molecule has 0 aromatic heterocycles. The van der Waals surface area contributed by atoms with Gasteiger partial charge in [-0.15, -0.1) is 0 Å². The largest absolute Gasteiger partial charge is 0.298 e. The van der Waals surface area contributed by atoms with Crippen LogP contribution in [0.3, 0.4) is 0 Å². The second-order valence-electron chi connectivity index (χ2n) is 10.4. The van der Waals surface area contributed by atoms with Crippen LogP contribution in [0.1, 0.15) is 47.0 Å². The molecule has 25 heavy (non-hydrogen) atoms. The minimum atomic E-state index is 0.0797. The third-order valence-corrected chi connectivity index (χ3v) is 8.54. The van der Waals surface area contributed by atoms with Gasteiger partial charge in [-0.2, -0.15) is 0 Å². The van der Waals surface area contributed by atoms with Crippen LogP contribution in [0.2, 0.25) is 0 Å². The summed E-state index contributed by atoms with van der Waals surface area (Å²) in [6.45, 7) is 10.8. The molecule has 4 nitrogen and oxygen atoms in total. The number of carbonyl (C=O) groups is 2. The van der Waals surface area contributed by atoms with Gasteiger partial charge in [0.05, 0.1) is 12.1 Å². The number of hydrogen-bond donors (Lipinski definition) is 0. The fourth-order valence-corrected chi connectivity index (χ4v) is 7.03. The number of carbonyl (C=O) groups excluding carboxylic acids is 2. The van der Waals surface area contributed by atoms with Crippen molar-refractivity contribution in [2.45, 2.75) is 59.0 Å². The summed E-state index contributed by atoms with van der Waals surface area (Å²) in [7, 11) is 4.20. The average Bonchev–Trinajstić information content (AvgIpc) is 2.83. The highest BCUT2D eigenvalue weighted by molar-refractivity contribution is 5.85. The van der Waals surface area contributed by atoms with Crippen molar-refractivity contribution >= 4 is 11.6 Å². The zero-order valence-corrected chi connectivity index (χ0v) is 16.7. The highest BCUT2D eigenvalue weighted by Gasteiger charge is 2.69. The quantitative estimate of drug-likeness (QED) is 0.767. The molecule has 1 unspecified atom stereocenters. The van der Waals surface area contributed by atoms with Crippen LogP contribution in [0.25, 0.3) is 0 Å². The molecule has 2 saturated carbocycles. The zero-order valence-electron chi connectivity index (χ0n) is 16.7. The van der Waals surface area contributed by atoms with Crippen molar-refractivity contribution in [1.82, 2.24) is 9.80 Å². The number of nitrogens with zero attached hydrogens (tertiary/aromatic N) is 2. The van der Waals surface area contributed by atoms with Crippen molar-refractivity contribution in [1.29, 1.82) is 0 Å². The Balaban J connectivity index is 1.37. The van der Waals surface area contributed by atoms with Crippen LogP contribution >= 0.6 is 0 Å². The van der Waals surface area contributed by atoms with E-state index in [0.29, 0.717) is 47.1 Å². The van der Waals surface area contributed by atoms with Gasteiger partial charge in [0.25, 0.3) is 0 Å². The zero-order chi connectivity index (χ0) is 18.3. The van der Waals surface area contributed by atoms with Crippen LogP contribution in [0, 0.1) is 34.5 Å². The van der Waals surface area contributed by atoms with E-state index in [4.69, 9.17) is 0 Å². The smallest absolute Gasteiger partial charge is 0.150 e. The topological polar surface area (TPSA) is 40.6 Å². The summed E-state index contributed by atoms with van der Waals surface area (Å²) in [5, 5.41) is 0. The molecule has 2 heterocycles. The van der Waals surface area contributed by atoms with Gasteiger partial charge in [-0.1, -0.05) is 20.8 Å². The van der Waals surface area contributed by atoms with E-state index in [9.17, 15) is 9.59 Å². The van der Waals surface area contributed by atoms with Crippen LogP contribution in [0.5, 0.6) is 0 Å². The van der Waals surface area contributed by atoms with Crippen molar-refractivity contribution in [3.05, 3.63) is 0 Å². The summed E-state index contributed by atoms with van der Waals surface area (Å²) < 4.78 is 0. The van der Waals surface area contributed by atoms with Gasteiger partial charge in [-0.3, -0.25) is 19.4 Å². The van der Waals surface area contributed by atoms with Gasteiger partial charge in [-0.25, -0.2) is 0 Å². The molecule has 0 aromatic rings. The Bertz CT molecular complexity index is 615. The Morgan fingerprint density at radius 1 is 1.00 bits per heavy atom. The number of likely N-dealkylation sites (tertiary alicyclic amines) is 2. The van der Waals surface area contributed by atoms with Crippen molar-refractivity contribution in [2.24, 2.45) is 34.5 Å². The Morgan fingerprint density at radius 3 is 2.16 bits per heavy atom. The molecule has 7 atom stereocenters. The first kappa shape index (κ1) is 17.7. The molecule has 0 aromatic carbocycles. The minimum absolute atomic E-state index is 0.0797. The normalized spacial score (nSPS) is 47.9. The maximum Gasteiger partial charge on any atom is 0.150 e. The van der Waals surface area contributed by atoms with Crippen molar-refractivity contribution < 1.29 is 9.59 Å². The molecular formula is C21H34N2O2. The summed E-state index contributed by atoms with van der Waals surface area (Å²) in [5.41, 5.74) is 0.612. The molecule has 4 rings (SSSR count). The summed E-state index contributed by atoms with van der Waals surface area (Å²) in [4.78, 5) is 29.5. The maximum absolute atomic E-state index is 13.0. The Morgan fingerprint density at radius 2 is 1.60 bits per heavy atom. The summed E-state index contributed by atoms with van der Waals surface area (Å²) >= 11 is 0. The molecule has 4 fully saturated rings. The van der Waals surface area contributed by atoms with Crippen molar-refractivity contribution in [3.8, 4) is 0 Å². The molecule has 2 aliphatic heterocycles. The van der Waals surface area contributed by atoms with Gasteiger partial charge >= 0.3 is 0 Å². The number of fused-ring (bicyclic) bond motifs is 2. The lowest BCUT2D eigenvalue weighted by Crippen LogP contribution is -2.47. The molecule has 4 heteroatoms. The van der Waals surface area contributed by atoms with E-state index < -0.39 is 0 Å². The highest BCUT2D eigenvalue weighted by Crippen LogP contribution is 2.67. The summed E-state index contributed by atoms with van der Waals surface area (Å²) in [6.07, 6.45) is 2.85. The first-order valence-corrected chi connectivity index (χ1v) is 10.0. The first-order chi connectivity index (χ1) is 11.6. The Kier molecular flexibility index (Phi) is 3.81. The number of piperidine rings is 1. The summed E-state index contributed by atoms with van der Waals surface area (Å²) in [6, 6.07) is 0.225. The molecule has 140 valence electrons. The van der Waals surface area contributed by atoms with E-state index in [0.717, 1.165) is 19.5 Å². The molecule has 0 radical (unpaired) electrons. The van der Waals surface area contributed by atoms with Crippen LogP contribution in [0.4, 0.5) is 0 Å². The molecule has 0 N–H and O–H groups in total. The van der Waals surface area contributed by atoms with Gasteiger partial charge in [0.2, 0.25) is 0 Å². The van der Waals surface area contributed by atoms with Gasteiger partial charge in [-0.05, 0) is 68.4 Å². The molecule has 0 amide bonds. The third-order valence-electron chi connectivity index (χ3n) is 8.54. The third kappa shape index (κ3) is 2.39. The Hall–Kier alpha value is -0.740. The van der Waals surface area contributed by atoms with Gasteiger partial charge in [0.15, 0.2) is 0 Å². The van der Waals surface area contributed by atoms with Gasteiger partial charge in [0, 0.05) is 19.5 Å². The van der Waals surface area contributed by atoms with E-state index >= 15 is 0 Å². The van der Waals surface area contributed by atoms with E-state index in [1.54, 1.807) is 6.92 Å². The van der Waals surface area contributed by atoms with E-state index in [2.05, 4.69) is 44.7 Å². The maximum atomic E-state index is 13.0. The van der Waals surface area contributed by atoms with Crippen LogP contribution in [0.15, 0.2) is 0 Å². The molecule has 0 spiro atoms. The fraction of sp³-hybridized carbons (Fsp3) is 0.905. The molecule has 2 aliphatic carbocycles. The average molecular weight is 347 g/mol. The number of likely N-dealkylation sites (N-methyl/N-ethyl adjacent to an activating group) is 2. The Labute approximate surface area is 152 Å². The van der Waals surface area contributed by atoms with E-state index in [-0.39, 0.29) is 17.5 Å². The number of ketones is 2. The molecule has 4 aliphatic rings. The number of rotatable bonds is 5. The fourth-order valence-electron chi connectivity index (χ4n) is 7.03. The van der Waals surface area contributed by atoms with Crippen molar-refractivity contribution in [2.75, 3.05) is 27.2 Å². The second-order valence-corrected chi connectivity index (χ2v) is 10.4. The first-order valence-electron chi connectivity index (χ1n) is 10.0. The molecule has 0 bridgehead atoms. The lowest BCUT2D eigenvalue weighted by Gasteiger charge is -2.48. The predicted octanol–water partition coefficient (Wildman–Crippen LogP) is 2.47. The van der Waals surface area contributed by atoms with E-state index in [1.165, 1.54) is 6.42 Å². The van der Waals surface area contributed by atoms with Gasteiger partial charge in [0.1, 0.15) is 11.6 Å². The molecule has 2 saturated heterocycles. The lowest BCUT2D eigenvalue weighted by atomic mass is 9.55. The highest BCUT2D eigenvalue weighted by atomic mass is 16.1. The van der Waals surface area contributed by atoms with Crippen LogP contribution in [-0.4, -0.2) is 60.6 Å².